The summed E-state index contributed by atoms with van der Waals surface area (Å²) in [5.41, 5.74) is -1.86. The molecule has 4 aromatic rings. The molecule has 4 unspecified atom stereocenters. The number of ether oxygens (including phenoxy) is 5. The third-order valence-corrected chi connectivity index (χ3v) is 11.3. The summed E-state index contributed by atoms with van der Waals surface area (Å²) in [6.45, 7) is 6.34. The molecule has 3 aliphatic heterocycles. The van der Waals surface area contributed by atoms with Crippen molar-refractivity contribution in [1.29, 1.82) is 0 Å². The zero-order valence-corrected chi connectivity index (χ0v) is 30.6. The molecular weight excluding hydrogens is 700 g/mol. The number of hydrogen-bond acceptors (Lipinski definition) is 12. The van der Waals surface area contributed by atoms with Crippen molar-refractivity contribution in [3.05, 3.63) is 41.5 Å². The second-order valence-corrected chi connectivity index (χ2v) is 15.2. The first-order valence-corrected chi connectivity index (χ1v) is 18.6. The Kier molecular flexibility index (Phi) is 9.95. The van der Waals surface area contributed by atoms with Crippen molar-refractivity contribution in [2.45, 2.75) is 56.8 Å². The number of likely N-dealkylation sites (tertiary alicyclic amines) is 1. The number of methoxy groups -OCH3 is 1. The minimum Gasteiger partial charge on any atom is -0.508 e. The van der Waals surface area contributed by atoms with Crippen LogP contribution in [0.4, 0.5) is 14.6 Å². The summed E-state index contributed by atoms with van der Waals surface area (Å²) in [5.74, 6) is 0.877. The lowest BCUT2D eigenvalue weighted by Gasteiger charge is -2.47. The topological polar surface area (TPSA) is 132 Å². The fraction of sp³-hybridized carbons (Fsp3) is 0.525. The number of pyridine rings is 1. The molecule has 1 saturated carbocycles. The minimum atomic E-state index is -1.25. The van der Waals surface area contributed by atoms with Gasteiger partial charge in [0.1, 0.15) is 39.6 Å². The largest absolute Gasteiger partial charge is 0.508 e. The fourth-order valence-electron chi connectivity index (χ4n) is 9.00. The van der Waals surface area contributed by atoms with Gasteiger partial charge in [-0.1, -0.05) is 18.4 Å². The fourth-order valence-corrected chi connectivity index (χ4v) is 9.00. The number of benzene rings is 2. The third-order valence-electron chi connectivity index (χ3n) is 11.3. The van der Waals surface area contributed by atoms with Crippen molar-refractivity contribution < 1.29 is 42.7 Å². The van der Waals surface area contributed by atoms with Crippen LogP contribution in [0.25, 0.3) is 32.9 Å². The number of phenols is 1. The lowest BCUT2D eigenvalue weighted by atomic mass is 9.75. The van der Waals surface area contributed by atoms with E-state index < -0.39 is 17.2 Å². The van der Waals surface area contributed by atoms with E-state index in [1.54, 1.807) is 11.8 Å². The number of anilines is 1. The van der Waals surface area contributed by atoms with Gasteiger partial charge in [0.25, 0.3) is 0 Å². The maximum Gasteiger partial charge on any atom is 0.319 e. The van der Waals surface area contributed by atoms with Crippen LogP contribution in [0.5, 0.6) is 17.6 Å². The number of fused-ring (bicyclic) bond motifs is 3. The van der Waals surface area contributed by atoms with E-state index in [1.165, 1.54) is 31.4 Å². The Morgan fingerprint density at radius 1 is 1.06 bits per heavy atom. The van der Waals surface area contributed by atoms with E-state index in [-0.39, 0.29) is 93.9 Å². The molecule has 8 rings (SSSR count). The lowest BCUT2D eigenvalue weighted by Crippen LogP contribution is -2.54. The SMILES string of the molecule is C#Cc1c(F)ccc2cc(O)cc(-c3nc(OC)c4c(N5CCOCC(C)(O)C5)nc(OCC56CCCC5N(CC5COCCO5)CCC6)nc4c3F)c12. The molecule has 2 aromatic carbocycles. The Hall–Kier alpha value is -4.39. The van der Waals surface area contributed by atoms with E-state index in [0.717, 1.165) is 45.2 Å². The molecule has 12 nitrogen and oxygen atoms in total. The predicted molar refractivity (Wildman–Crippen MR) is 197 cm³/mol. The minimum absolute atomic E-state index is 0.0193. The molecule has 4 fully saturated rings. The number of aliphatic hydroxyl groups is 1. The van der Waals surface area contributed by atoms with Gasteiger partial charge in [-0.3, -0.25) is 4.90 Å². The van der Waals surface area contributed by atoms with E-state index in [1.807, 2.05) is 0 Å². The summed E-state index contributed by atoms with van der Waals surface area (Å²) in [6, 6.07) is 5.60. The van der Waals surface area contributed by atoms with Gasteiger partial charge in [-0.2, -0.15) is 9.97 Å². The molecule has 0 bridgehead atoms. The van der Waals surface area contributed by atoms with Crippen molar-refractivity contribution in [3.8, 4) is 41.2 Å². The van der Waals surface area contributed by atoms with Crippen LogP contribution in [0.3, 0.4) is 0 Å². The smallest absolute Gasteiger partial charge is 0.319 e. The molecule has 286 valence electrons. The van der Waals surface area contributed by atoms with E-state index >= 15 is 8.78 Å². The molecule has 1 aliphatic carbocycles. The van der Waals surface area contributed by atoms with Gasteiger partial charge in [0.05, 0.1) is 65.0 Å². The van der Waals surface area contributed by atoms with Gasteiger partial charge >= 0.3 is 6.01 Å². The molecule has 5 heterocycles. The normalized spacial score (nSPS) is 26.4. The monoisotopic (exact) mass is 745 g/mol. The molecule has 0 amide bonds. The van der Waals surface area contributed by atoms with Crippen LogP contribution in [-0.2, 0) is 14.2 Å². The van der Waals surface area contributed by atoms with Gasteiger partial charge in [0.2, 0.25) is 5.88 Å². The van der Waals surface area contributed by atoms with E-state index in [0.29, 0.717) is 38.4 Å². The van der Waals surface area contributed by atoms with Crippen molar-refractivity contribution in [3.63, 3.8) is 0 Å². The first kappa shape index (κ1) is 36.6. The number of piperidine rings is 1. The highest BCUT2D eigenvalue weighted by atomic mass is 19.1. The summed E-state index contributed by atoms with van der Waals surface area (Å²) in [4.78, 5) is 18.4. The molecule has 2 N–H and O–H groups in total. The first-order chi connectivity index (χ1) is 26.1. The van der Waals surface area contributed by atoms with Gasteiger partial charge in [0.15, 0.2) is 5.82 Å². The number of phenolic OH excluding ortho intramolecular Hbond substituents is 1. The van der Waals surface area contributed by atoms with Crippen LogP contribution in [0.15, 0.2) is 24.3 Å². The highest BCUT2D eigenvalue weighted by Gasteiger charge is 2.49. The van der Waals surface area contributed by atoms with Crippen molar-refractivity contribution in [2.24, 2.45) is 5.41 Å². The van der Waals surface area contributed by atoms with Gasteiger partial charge < -0.3 is 38.8 Å². The number of β-amino-alcohol motifs (C(OH)–C–C–N with tert-alkyl or cyclic N) is 1. The zero-order valence-electron chi connectivity index (χ0n) is 30.6. The molecule has 0 spiro atoms. The molecule has 0 radical (unpaired) electrons. The first-order valence-electron chi connectivity index (χ1n) is 18.6. The van der Waals surface area contributed by atoms with E-state index in [9.17, 15) is 10.2 Å². The Labute approximate surface area is 312 Å². The second kappa shape index (κ2) is 14.7. The van der Waals surface area contributed by atoms with Crippen LogP contribution in [0.1, 0.15) is 44.6 Å². The molecule has 4 atom stereocenters. The van der Waals surface area contributed by atoms with Crippen molar-refractivity contribution in [2.75, 3.05) is 77.8 Å². The van der Waals surface area contributed by atoms with Crippen LogP contribution in [-0.4, -0.2) is 121 Å². The number of nitrogens with zero attached hydrogens (tertiary/aromatic N) is 5. The number of aromatic hydroxyl groups is 1. The average molecular weight is 746 g/mol. The van der Waals surface area contributed by atoms with Crippen molar-refractivity contribution >= 4 is 27.5 Å². The molecule has 4 aliphatic rings. The molecule has 2 aromatic heterocycles. The summed E-state index contributed by atoms with van der Waals surface area (Å²) in [6.07, 6.45) is 10.8. The Morgan fingerprint density at radius 2 is 1.91 bits per heavy atom. The standard InChI is InChI=1S/C40H45F2N5O7/c1-4-27-29(41)9-8-24-17-25(48)18-28(31(24)27)34-33(42)35-32(37(43-34)50-3)36(47-13-14-52-22-39(2,49)21-47)45-38(44-35)54-23-40-10-5-7-30(40)46(12-6-11-40)19-26-20-51-15-16-53-26/h1,8-9,17-18,26,30,48-49H,5-7,10-16,19-23H2,2-3H3. The quantitative estimate of drug-likeness (QED) is 0.240. The highest BCUT2D eigenvalue weighted by molar-refractivity contribution is 6.04. The predicted octanol–water partition coefficient (Wildman–Crippen LogP) is 4.84. The van der Waals surface area contributed by atoms with Crippen LogP contribution in [0.2, 0.25) is 0 Å². The molecule has 14 heteroatoms. The van der Waals surface area contributed by atoms with Gasteiger partial charge in [-0.15, -0.1) is 6.42 Å². The average Bonchev–Trinajstić information content (AvgIpc) is 3.52. The second-order valence-electron chi connectivity index (χ2n) is 15.2. The Balaban J connectivity index is 1.24. The van der Waals surface area contributed by atoms with E-state index in [4.69, 9.17) is 35.1 Å². The number of aromatic nitrogens is 3. The maximum absolute atomic E-state index is 17.3. The van der Waals surface area contributed by atoms with Crippen molar-refractivity contribution in [1.82, 2.24) is 19.9 Å². The van der Waals surface area contributed by atoms with Gasteiger partial charge in [0, 0.05) is 35.5 Å². The number of terminal acetylenes is 1. The van der Waals surface area contributed by atoms with Crippen LogP contribution < -0.4 is 14.4 Å². The Bertz CT molecular complexity index is 2110. The van der Waals surface area contributed by atoms with Crippen LogP contribution >= 0.6 is 0 Å². The van der Waals surface area contributed by atoms with Crippen LogP contribution in [0, 0.1) is 29.4 Å². The maximum atomic E-state index is 17.3. The van der Waals surface area contributed by atoms with E-state index in [2.05, 4.69) is 20.8 Å². The number of halogens is 2. The lowest BCUT2D eigenvalue weighted by molar-refractivity contribution is -0.111. The summed E-state index contributed by atoms with van der Waals surface area (Å²) >= 11 is 0. The number of rotatable bonds is 8. The van der Waals surface area contributed by atoms with Gasteiger partial charge in [-0.05, 0) is 62.7 Å². The molecular formula is C40H45F2N5O7. The molecule has 3 saturated heterocycles. The molecule has 54 heavy (non-hydrogen) atoms. The van der Waals surface area contributed by atoms with Gasteiger partial charge in [-0.25, -0.2) is 13.8 Å². The summed E-state index contributed by atoms with van der Waals surface area (Å²) in [5, 5.41) is 22.6. The third kappa shape index (κ3) is 6.77. The Morgan fingerprint density at radius 3 is 2.70 bits per heavy atom. The zero-order chi connectivity index (χ0) is 37.6. The summed E-state index contributed by atoms with van der Waals surface area (Å²) < 4.78 is 62.1. The summed E-state index contributed by atoms with van der Waals surface area (Å²) in [7, 11) is 1.39. The number of hydrogen-bond donors (Lipinski definition) is 2. The highest BCUT2D eigenvalue weighted by Crippen LogP contribution is 2.49.